The average Bonchev–Trinajstić information content (AvgIpc) is 3.58. The Labute approximate surface area is 303 Å². The van der Waals surface area contributed by atoms with E-state index in [4.69, 9.17) is 21.3 Å². The molecular weight excluding hydrogens is 681 g/mol. The molecule has 4 aromatic carbocycles. The Morgan fingerprint density at radius 3 is 2.25 bits per heavy atom. The largest absolute Gasteiger partial charge is 0.534 e. The van der Waals surface area contributed by atoms with Gasteiger partial charge < -0.3 is 18.8 Å². The van der Waals surface area contributed by atoms with Gasteiger partial charge >= 0.3 is 8.32 Å². The number of amides is 2. The first-order chi connectivity index (χ1) is 24.4. The van der Waals surface area contributed by atoms with Crippen LogP contribution in [0.25, 0.3) is 0 Å². The fourth-order valence-corrected chi connectivity index (χ4v) is 11.4. The maximum absolute atomic E-state index is 14.2. The second-order valence-electron chi connectivity index (χ2n) is 13.8. The Hall–Kier alpha value is -5.24. The lowest BCUT2D eigenvalue weighted by Gasteiger charge is -2.43. The maximum atomic E-state index is 14.2. The Bertz CT molecular complexity index is 2060. The third-order valence-corrected chi connectivity index (χ3v) is 14.8. The van der Waals surface area contributed by atoms with Crippen molar-refractivity contribution in [1.29, 1.82) is 5.26 Å². The molecule has 1 atom stereocenters. The first-order valence-corrected chi connectivity index (χ1v) is 19.1. The predicted octanol–water partition coefficient (Wildman–Crippen LogP) is 6.41. The van der Waals surface area contributed by atoms with Crippen LogP contribution in [0.2, 0.25) is 10.1 Å². The van der Waals surface area contributed by atoms with Gasteiger partial charge in [-0.15, -0.1) is 0 Å². The van der Waals surface area contributed by atoms with Crippen molar-refractivity contribution in [2.24, 2.45) is 0 Å². The number of carbonyl (C=O) groups is 2. The van der Waals surface area contributed by atoms with E-state index in [1.807, 2.05) is 60.7 Å². The molecule has 1 aromatic heterocycles. The summed E-state index contributed by atoms with van der Waals surface area (Å²) < 4.78 is 23.1. The van der Waals surface area contributed by atoms with Gasteiger partial charge in [-0.25, -0.2) is 9.37 Å². The van der Waals surface area contributed by atoms with Crippen molar-refractivity contribution in [2.45, 2.75) is 51.9 Å². The van der Waals surface area contributed by atoms with E-state index in [0.29, 0.717) is 29.4 Å². The minimum Gasteiger partial charge on any atom is -0.534 e. The fraction of sp³-hybridized carbons (Fsp3) is 0.250. The minimum absolute atomic E-state index is 0.0503. The monoisotopic (exact) mass is 719 g/mol. The van der Waals surface area contributed by atoms with Gasteiger partial charge in [0.25, 0.3) is 5.91 Å². The SMILES string of the molecule is C[C@@H]1C(=O)N(Cc2cc(O[Si](c3ccccc3)(c3ccccc3)C(C)(C)C)ccc2Cl)CCN1C(=O)c1cncn1Cc1ccc(C#N)c(F)c1. The molecule has 260 valence electrons. The van der Waals surface area contributed by atoms with Gasteiger partial charge in [0.1, 0.15) is 29.4 Å². The highest BCUT2D eigenvalue weighted by atomic mass is 35.5. The summed E-state index contributed by atoms with van der Waals surface area (Å²) in [7, 11) is -2.90. The molecule has 0 spiro atoms. The number of imidazole rings is 1. The summed E-state index contributed by atoms with van der Waals surface area (Å²) in [6.45, 7) is 9.41. The first-order valence-electron chi connectivity index (χ1n) is 16.8. The topological polar surface area (TPSA) is 91.5 Å². The number of rotatable bonds is 9. The van der Waals surface area contributed by atoms with Gasteiger partial charge in [-0.05, 0) is 63.8 Å². The van der Waals surface area contributed by atoms with Crippen molar-refractivity contribution in [3.63, 3.8) is 0 Å². The summed E-state index contributed by atoms with van der Waals surface area (Å²) in [5.41, 5.74) is 1.56. The molecule has 0 saturated carbocycles. The molecule has 6 rings (SSSR count). The summed E-state index contributed by atoms with van der Waals surface area (Å²) >= 11 is 6.76. The highest BCUT2D eigenvalue weighted by Crippen LogP contribution is 2.38. The number of hydrogen-bond donors (Lipinski definition) is 0. The summed E-state index contributed by atoms with van der Waals surface area (Å²) in [6.07, 6.45) is 2.94. The zero-order chi connectivity index (χ0) is 36.3. The number of halogens is 2. The molecule has 51 heavy (non-hydrogen) atoms. The van der Waals surface area contributed by atoms with Crippen LogP contribution in [0, 0.1) is 17.1 Å². The van der Waals surface area contributed by atoms with Crippen molar-refractivity contribution in [1.82, 2.24) is 19.4 Å². The van der Waals surface area contributed by atoms with Crippen LogP contribution >= 0.6 is 11.6 Å². The average molecular weight is 720 g/mol. The van der Waals surface area contributed by atoms with Gasteiger partial charge in [0.2, 0.25) is 5.91 Å². The molecule has 0 aliphatic carbocycles. The quantitative estimate of drug-likeness (QED) is 0.164. The van der Waals surface area contributed by atoms with Crippen LogP contribution < -0.4 is 14.8 Å². The van der Waals surface area contributed by atoms with Gasteiger partial charge in [-0.1, -0.05) is 99.1 Å². The molecular formula is C40H39ClFN5O3Si. The van der Waals surface area contributed by atoms with Crippen LogP contribution in [-0.2, 0) is 17.9 Å². The van der Waals surface area contributed by atoms with E-state index in [0.717, 1.165) is 15.9 Å². The predicted molar refractivity (Wildman–Crippen MR) is 198 cm³/mol. The number of carbonyl (C=O) groups excluding carboxylic acids is 2. The highest BCUT2D eigenvalue weighted by Gasteiger charge is 2.52. The standard InChI is InChI=1S/C40H39ClFN5O3Si/c1-28-38(48)45(19-20-47(28)39(49)37-24-44-27-46(37)25-29-15-16-30(23-43)36(42)21-29)26-31-22-32(17-18-35(31)41)50-51(40(2,3)4,33-11-7-5-8-12-33)34-13-9-6-10-14-34/h5-18,21-22,24,27-28H,19-20,25-26H2,1-4H3/t28-/m1/s1. The van der Waals surface area contributed by atoms with Crippen molar-refractivity contribution in [2.75, 3.05) is 13.1 Å². The van der Waals surface area contributed by atoms with Crippen LogP contribution in [-0.4, -0.2) is 58.6 Å². The Balaban J connectivity index is 1.21. The third-order valence-electron chi connectivity index (χ3n) is 9.51. The molecule has 1 aliphatic heterocycles. The van der Waals surface area contributed by atoms with E-state index in [2.05, 4.69) is 50.0 Å². The molecule has 0 radical (unpaired) electrons. The molecule has 5 aromatic rings. The number of nitrogens with zero attached hydrogens (tertiary/aromatic N) is 5. The molecule has 1 aliphatic rings. The van der Waals surface area contributed by atoms with Crippen molar-refractivity contribution in [3.8, 4) is 11.8 Å². The maximum Gasteiger partial charge on any atom is 0.319 e. The lowest BCUT2D eigenvalue weighted by molar-refractivity contribution is -0.140. The molecule has 11 heteroatoms. The van der Waals surface area contributed by atoms with Gasteiger partial charge in [0.15, 0.2) is 0 Å². The second-order valence-corrected chi connectivity index (χ2v) is 18.4. The van der Waals surface area contributed by atoms with Gasteiger partial charge in [0.05, 0.1) is 18.1 Å². The highest BCUT2D eigenvalue weighted by molar-refractivity contribution is 7.00. The van der Waals surface area contributed by atoms with Crippen molar-refractivity contribution in [3.05, 3.63) is 143 Å². The van der Waals surface area contributed by atoms with E-state index < -0.39 is 20.2 Å². The van der Waals surface area contributed by atoms with E-state index >= 15 is 0 Å². The number of nitriles is 1. The molecule has 2 heterocycles. The smallest absolute Gasteiger partial charge is 0.319 e. The van der Waals surface area contributed by atoms with Crippen molar-refractivity contribution < 1.29 is 18.4 Å². The first kappa shape index (κ1) is 35.6. The minimum atomic E-state index is -2.90. The second kappa shape index (κ2) is 14.5. The van der Waals surface area contributed by atoms with Gasteiger partial charge in [-0.2, -0.15) is 5.26 Å². The number of piperazine rings is 1. The van der Waals surface area contributed by atoms with E-state index in [-0.39, 0.29) is 41.2 Å². The van der Waals surface area contributed by atoms with E-state index in [1.165, 1.54) is 29.6 Å². The van der Waals surface area contributed by atoms with Crippen LogP contribution in [0.5, 0.6) is 5.75 Å². The summed E-state index contributed by atoms with van der Waals surface area (Å²) in [6, 6.07) is 31.8. The Kier molecular flexibility index (Phi) is 10.1. The van der Waals surface area contributed by atoms with Crippen LogP contribution in [0.3, 0.4) is 0 Å². The van der Waals surface area contributed by atoms with E-state index in [9.17, 15) is 14.0 Å². The molecule has 2 amide bonds. The summed E-state index contributed by atoms with van der Waals surface area (Å²) in [4.78, 5) is 34.9. The zero-order valence-electron chi connectivity index (χ0n) is 29.0. The number of benzene rings is 4. The molecule has 1 fully saturated rings. The van der Waals surface area contributed by atoms with Crippen molar-refractivity contribution >= 4 is 42.1 Å². The van der Waals surface area contributed by atoms with Crippen LogP contribution in [0.15, 0.2) is 110 Å². The summed E-state index contributed by atoms with van der Waals surface area (Å²) in [5.74, 6) is -0.503. The lowest BCUT2D eigenvalue weighted by atomic mass is 10.1. The van der Waals surface area contributed by atoms with Gasteiger partial charge in [0, 0.05) is 31.2 Å². The lowest BCUT2D eigenvalue weighted by Crippen LogP contribution is -2.68. The molecule has 1 saturated heterocycles. The Morgan fingerprint density at radius 1 is 0.980 bits per heavy atom. The molecule has 0 unspecified atom stereocenters. The molecule has 0 N–H and O–H groups in total. The van der Waals surface area contributed by atoms with Crippen LogP contribution in [0.1, 0.15) is 54.9 Å². The number of hydrogen-bond acceptors (Lipinski definition) is 5. The normalized spacial score (nSPS) is 15.1. The van der Waals surface area contributed by atoms with Crippen LogP contribution in [0.4, 0.5) is 4.39 Å². The Morgan fingerprint density at radius 2 is 1.65 bits per heavy atom. The number of aromatic nitrogens is 2. The molecule has 0 bridgehead atoms. The third kappa shape index (κ3) is 7.05. The fourth-order valence-electron chi connectivity index (χ4n) is 6.85. The van der Waals surface area contributed by atoms with E-state index in [1.54, 1.807) is 22.5 Å². The van der Waals surface area contributed by atoms with Gasteiger partial charge in [-0.3, -0.25) is 9.59 Å². The zero-order valence-corrected chi connectivity index (χ0v) is 30.8. The molecule has 8 nitrogen and oxygen atoms in total. The summed E-state index contributed by atoms with van der Waals surface area (Å²) in [5, 5.41) is 11.6.